The maximum Gasteiger partial charge on any atom is 0.325 e. The van der Waals surface area contributed by atoms with E-state index in [0.29, 0.717) is 19.0 Å². The van der Waals surface area contributed by atoms with Crippen molar-refractivity contribution >= 4 is 23.6 Å². The maximum absolute atomic E-state index is 11.9. The van der Waals surface area contributed by atoms with Crippen LogP contribution in [0.15, 0.2) is 24.3 Å². The second-order valence-corrected chi connectivity index (χ2v) is 5.60. The first-order chi connectivity index (χ1) is 10.1. The quantitative estimate of drug-likeness (QED) is 0.866. The Bertz CT molecular complexity index is 504. The molecule has 1 saturated heterocycles. The fraction of sp³-hybridized carbons (Fsp3) is 0.467. The summed E-state index contributed by atoms with van der Waals surface area (Å²) in [6, 6.07) is 7.59. The lowest BCUT2D eigenvalue weighted by Gasteiger charge is -2.17. The summed E-state index contributed by atoms with van der Waals surface area (Å²) >= 11 is 5.87. The molecular weight excluding hydrogens is 292 g/mol. The van der Waals surface area contributed by atoms with E-state index in [0.717, 1.165) is 17.9 Å². The summed E-state index contributed by atoms with van der Waals surface area (Å²) in [5.74, 6) is -0.00434. The molecule has 2 amide bonds. The van der Waals surface area contributed by atoms with E-state index in [9.17, 15) is 9.59 Å². The Morgan fingerprint density at radius 3 is 2.76 bits per heavy atom. The minimum atomic E-state index is -0.444. The van der Waals surface area contributed by atoms with Crippen molar-refractivity contribution in [3.8, 4) is 0 Å². The zero-order valence-electron chi connectivity index (χ0n) is 12.0. The monoisotopic (exact) mass is 310 g/mol. The van der Waals surface area contributed by atoms with E-state index in [4.69, 9.17) is 11.6 Å². The van der Waals surface area contributed by atoms with Crippen LogP contribution in [0.4, 0.5) is 4.79 Å². The van der Waals surface area contributed by atoms with Gasteiger partial charge in [-0.3, -0.25) is 4.79 Å². The van der Waals surface area contributed by atoms with E-state index >= 15 is 0 Å². The number of urea groups is 1. The molecule has 5 nitrogen and oxygen atoms in total. The second-order valence-electron chi connectivity index (χ2n) is 5.17. The summed E-state index contributed by atoms with van der Waals surface area (Å²) in [6.45, 7) is 1.33. The molecule has 1 unspecified atom stereocenters. The predicted octanol–water partition coefficient (Wildman–Crippen LogP) is 2.09. The molecule has 0 aromatic heterocycles. The number of benzene rings is 1. The molecule has 1 aromatic rings. The minimum absolute atomic E-state index is 0.0896. The van der Waals surface area contributed by atoms with E-state index in [1.807, 2.05) is 24.3 Å². The van der Waals surface area contributed by atoms with E-state index in [2.05, 4.69) is 10.1 Å². The van der Waals surface area contributed by atoms with Crippen LogP contribution in [0.5, 0.6) is 0 Å². The molecule has 1 N–H and O–H groups in total. The van der Waals surface area contributed by atoms with Gasteiger partial charge in [-0.05, 0) is 36.5 Å². The Balaban J connectivity index is 1.79. The van der Waals surface area contributed by atoms with Crippen LogP contribution in [-0.2, 0) is 16.0 Å². The van der Waals surface area contributed by atoms with Crippen molar-refractivity contribution in [1.82, 2.24) is 10.2 Å². The van der Waals surface area contributed by atoms with Crippen LogP contribution in [-0.4, -0.2) is 43.6 Å². The third kappa shape index (κ3) is 4.63. The molecule has 0 aliphatic carbocycles. The average molecular weight is 311 g/mol. The van der Waals surface area contributed by atoms with E-state index in [1.165, 1.54) is 12.7 Å². The van der Waals surface area contributed by atoms with Gasteiger partial charge in [0.1, 0.15) is 6.54 Å². The van der Waals surface area contributed by atoms with Crippen LogP contribution in [0.25, 0.3) is 0 Å². The molecule has 0 radical (unpaired) electrons. The van der Waals surface area contributed by atoms with Crippen LogP contribution in [0.2, 0.25) is 5.02 Å². The fourth-order valence-electron chi connectivity index (χ4n) is 2.47. The molecule has 1 aromatic carbocycles. The molecule has 1 aliphatic heterocycles. The Morgan fingerprint density at radius 1 is 1.38 bits per heavy atom. The number of halogens is 1. The molecule has 1 atom stereocenters. The van der Waals surface area contributed by atoms with Crippen molar-refractivity contribution < 1.29 is 14.3 Å². The number of carbonyl (C=O) groups excluding carboxylic acids is 2. The number of amides is 2. The number of rotatable bonds is 4. The van der Waals surface area contributed by atoms with Crippen LogP contribution in [0.3, 0.4) is 0 Å². The van der Waals surface area contributed by atoms with Gasteiger partial charge in [0.25, 0.3) is 0 Å². The summed E-state index contributed by atoms with van der Waals surface area (Å²) in [5.41, 5.74) is 1.22. The first-order valence-electron chi connectivity index (χ1n) is 6.92. The third-order valence-corrected chi connectivity index (χ3v) is 3.87. The Hall–Kier alpha value is -1.75. The van der Waals surface area contributed by atoms with Crippen molar-refractivity contribution in [2.45, 2.75) is 12.8 Å². The largest absolute Gasteiger partial charge is 0.468 e. The van der Waals surface area contributed by atoms with Gasteiger partial charge in [-0.2, -0.15) is 0 Å². The molecule has 2 rings (SSSR count). The van der Waals surface area contributed by atoms with Gasteiger partial charge < -0.3 is 15.0 Å². The zero-order chi connectivity index (χ0) is 15.2. The first-order valence-corrected chi connectivity index (χ1v) is 7.30. The van der Waals surface area contributed by atoms with Gasteiger partial charge in [-0.1, -0.05) is 23.7 Å². The minimum Gasteiger partial charge on any atom is -0.468 e. The second kappa shape index (κ2) is 7.31. The number of esters is 1. The molecule has 21 heavy (non-hydrogen) atoms. The van der Waals surface area contributed by atoms with E-state index in [-0.39, 0.29) is 12.6 Å². The molecule has 0 spiro atoms. The summed E-state index contributed by atoms with van der Waals surface area (Å²) in [6.07, 6.45) is 1.90. The lowest BCUT2D eigenvalue weighted by Crippen LogP contribution is -2.41. The van der Waals surface area contributed by atoms with Gasteiger partial charge in [0.2, 0.25) is 0 Å². The first kappa shape index (κ1) is 15.6. The topological polar surface area (TPSA) is 58.6 Å². The highest BCUT2D eigenvalue weighted by Crippen LogP contribution is 2.21. The highest BCUT2D eigenvalue weighted by atomic mass is 35.5. The van der Waals surface area contributed by atoms with Crippen LogP contribution in [0, 0.1) is 5.92 Å². The number of hydrogen-bond acceptors (Lipinski definition) is 3. The summed E-state index contributed by atoms with van der Waals surface area (Å²) in [5, 5.41) is 3.29. The van der Waals surface area contributed by atoms with Gasteiger partial charge >= 0.3 is 12.0 Å². The standard InChI is InChI=1S/C15H19ClN2O3/c1-21-14(19)9-17-15(20)18-7-6-12(10-18)8-11-2-4-13(16)5-3-11/h2-5,12H,6-10H2,1H3,(H,17,20). The average Bonchev–Trinajstić information content (AvgIpc) is 2.95. The van der Waals surface area contributed by atoms with Gasteiger partial charge in [0.15, 0.2) is 0 Å². The number of ether oxygens (including phenoxy) is 1. The lowest BCUT2D eigenvalue weighted by molar-refractivity contribution is -0.139. The molecule has 0 bridgehead atoms. The normalized spacial score (nSPS) is 17.6. The van der Waals surface area contributed by atoms with E-state index < -0.39 is 5.97 Å². The number of hydrogen-bond donors (Lipinski definition) is 1. The van der Waals surface area contributed by atoms with Crippen molar-refractivity contribution in [2.24, 2.45) is 5.92 Å². The molecule has 1 aliphatic rings. The number of nitrogens with one attached hydrogen (secondary N) is 1. The number of methoxy groups -OCH3 is 1. The molecule has 0 saturated carbocycles. The highest BCUT2D eigenvalue weighted by molar-refractivity contribution is 6.30. The highest BCUT2D eigenvalue weighted by Gasteiger charge is 2.26. The molecule has 6 heteroatoms. The van der Waals surface area contributed by atoms with Gasteiger partial charge in [-0.15, -0.1) is 0 Å². The van der Waals surface area contributed by atoms with Gasteiger partial charge in [0, 0.05) is 18.1 Å². The Morgan fingerprint density at radius 2 is 2.10 bits per heavy atom. The zero-order valence-corrected chi connectivity index (χ0v) is 12.7. The van der Waals surface area contributed by atoms with Crippen LogP contribution in [0.1, 0.15) is 12.0 Å². The van der Waals surface area contributed by atoms with Crippen LogP contribution >= 0.6 is 11.6 Å². The molecule has 114 valence electrons. The molecule has 1 fully saturated rings. The van der Waals surface area contributed by atoms with Crippen LogP contribution < -0.4 is 5.32 Å². The lowest BCUT2D eigenvalue weighted by atomic mass is 9.99. The van der Waals surface area contributed by atoms with Crippen molar-refractivity contribution in [1.29, 1.82) is 0 Å². The number of nitrogens with zero attached hydrogens (tertiary/aromatic N) is 1. The summed E-state index contributed by atoms with van der Waals surface area (Å²) in [7, 11) is 1.30. The predicted molar refractivity (Wildman–Crippen MR) is 80.3 cm³/mol. The van der Waals surface area contributed by atoms with Crippen molar-refractivity contribution in [2.75, 3.05) is 26.7 Å². The maximum atomic E-state index is 11.9. The van der Waals surface area contributed by atoms with Crippen molar-refractivity contribution in [3.63, 3.8) is 0 Å². The number of carbonyl (C=O) groups is 2. The smallest absolute Gasteiger partial charge is 0.325 e. The molecule has 1 heterocycles. The fourth-order valence-corrected chi connectivity index (χ4v) is 2.60. The number of likely N-dealkylation sites (tertiary alicyclic amines) is 1. The van der Waals surface area contributed by atoms with Gasteiger partial charge in [0.05, 0.1) is 7.11 Å². The summed E-state index contributed by atoms with van der Waals surface area (Å²) in [4.78, 5) is 24.6. The molecular formula is C15H19ClN2O3. The SMILES string of the molecule is COC(=O)CNC(=O)N1CCC(Cc2ccc(Cl)cc2)C1. The third-order valence-electron chi connectivity index (χ3n) is 3.62. The Kier molecular flexibility index (Phi) is 5.44. The van der Waals surface area contributed by atoms with Crippen molar-refractivity contribution in [3.05, 3.63) is 34.9 Å². The van der Waals surface area contributed by atoms with Gasteiger partial charge in [-0.25, -0.2) is 4.79 Å². The Labute approximate surface area is 129 Å². The van der Waals surface area contributed by atoms with E-state index in [1.54, 1.807) is 4.90 Å². The summed E-state index contributed by atoms with van der Waals surface area (Å²) < 4.78 is 4.49.